The lowest BCUT2D eigenvalue weighted by Crippen LogP contribution is -2.31. The van der Waals surface area contributed by atoms with Crippen LogP contribution in [0.2, 0.25) is 0 Å². The molecule has 0 aromatic carbocycles. The number of carbonyl (C=O) groups excluding carboxylic acids is 1. The zero-order valence-corrected chi connectivity index (χ0v) is 7.72. The number of carbonyl (C=O) groups is 2. The lowest BCUT2D eigenvalue weighted by Gasteiger charge is -2.15. The first-order valence-electron chi connectivity index (χ1n) is 3.57. The molecule has 13 heavy (non-hydrogen) atoms. The fourth-order valence-electron chi connectivity index (χ4n) is 0.616. The van der Waals surface area contributed by atoms with Crippen molar-refractivity contribution in [2.24, 2.45) is 10.9 Å². The van der Waals surface area contributed by atoms with Crippen LogP contribution in [0.1, 0.15) is 6.92 Å². The van der Waals surface area contributed by atoms with Gasteiger partial charge in [-0.3, -0.25) is 9.63 Å². The van der Waals surface area contributed by atoms with Crippen LogP contribution < -0.4 is 0 Å². The molecule has 0 spiro atoms. The average molecular weight is 188 g/mol. The van der Waals surface area contributed by atoms with E-state index in [0.29, 0.717) is 0 Å². The Morgan fingerprint density at radius 1 is 1.62 bits per heavy atom. The molecule has 1 N–H and O–H groups in total. The number of nitrogens with zero attached hydrogens (tertiary/aromatic N) is 2. The normalized spacial score (nSPS) is 12.8. The summed E-state index contributed by atoms with van der Waals surface area (Å²) in [5.74, 6) is -0.964. The molecule has 0 rings (SSSR count). The molecule has 0 radical (unpaired) electrons. The Kier molecular flexibility index (Phi) is 4.68. The third kappa shape index (κ3) is 4.22. The lowest BCUT2D eigenvalue weighted by atomic mass is 10.2. The van der Waals surface area contributed by atoms with E-state index in [1.165, 1.54) is 21.1 Å². The molecule has 0 aromatic heterocycles. The number of amides is 2. The minimum atomic E-state index is -1.32. The van der Waals surface area contributed by atoms with Crippen molar-refractivity contribution < 1.29 is 19.5 Å². The molecule has 0 saturated heterocycles. The highest BCUT2D eigenvalue weighted by molar-refractivity contribution is 5.95. The molecule has 6 heteroatoms. The molecule has 0 aromatic rings. The van der Waals surface area contributed by atoms with Gasteiger partial charge >= 0.3 is 6.09 Å². The van der Waals surface area contributed by atoms with Gasteiger partial charge in [0.05, 0.1) is 13.0 Å². The second-order valence-corrected chi connectivity index (χ2v) is 2.37. The van der Waals surface area contributed by atoms with E-state index in [1.54, 1.807) is 0 Å². The number of rotatable bonds is 3. The van der Waals surface area contributed by atoms with Gasteiger partial charge in [0.1, 0.15) is 0 Å². The van der Waals surface area contributed by atoms with Crippen molar-refractivity contribution in [3.05, 3.63) is 0 Å². The van der Waals surface area contributed by atoms with Crippen LogP contribution in [-0.4, -0.2) is 42.5 Å². The molecular formula is C7H12N2O4. The minimum Gasteiger partial charge on any atom is -0.463 e. The Morgan fingerprint density at radius 3 is 2.54 bits per heavy atom. The zero-order valence-electron chi connectivity index (χ0n) is 7.72. The molecule has 0 fully saturated rings. The van der Waals surface area contributed by atoms with Crippen molar-refractivity contribution in [3.8, 4) is 0 Å². The second kappa shape index (κ2) is 5.26. The summed E-state index contributed by atoms with van der Waals surface area (Å²) in [6.07, 6.45) is -0.264. The molecule has 0 heterocycles. The molecule has 0 aliphatic heterocycles. The Bertz CT molecular complexity index is 227. The molecule has 6 nitrogen and oxygen atoms in total. The molecular weight excluding hydrogens is 176 g/mol. The summed E-state index contributed by atoms with van der Waals surface area (Å²) in [4.78, 5) is 28.9. The van der Waals surface area contributed by atoms with Crippen molar-refractivity contribution in [3.63, 3.8) is 0 Å². The van der Waals surface area contributed by atoms with Gasteiger partial charge in [0.15, 0.2) is 0 Å². The monoisotopic (exact) mass is 188 g/mol. The van der Waals surface area contributed by atoms with E-state index in [4.69, 9.17) is 5.11 Å². The van der Waals surface area contributed by atoms with Gasteiger partial charge in [-0.1, -0.05) is 0 Å². The predicted molar refractivity (Wildman–Crippen MR) is 45.5 cm³/mol. The summed E-state index contributed by atoms with van der Waals surface area (Å²) in [6.45, 7) is 1.53. The molecule has 74 valence electrons. The van der Waals surface area contributed by atoms with Gasteiger partial charge in [-0.15, -0.1) is 0 Å². The van der Waals surface area contributed by atoms with Gasteiger partial charge in [0.25, 0.3) is 5.91 Å². The Labute approximate surface area is 75.8 Å². The minimum absolute atomic E-state index is 0.354. The third-order valence-corrected chi connectivity index (χ3v) is 1.38. The Balaban J connectivity index is 4.18. The number of aliphatic imine (C=N–C) groups is 1. The van der Waals surface area contributed by atoms with Crippen LogP contribution in [-0.2, 0) is 9.63 Å². The first-order chi connectivity index (χ1) is 5.99. The molecule has 0 aliphatic carbocycles. The number of hydrogen-bond donors (Lipinski definition) is 1. The average Bonchev–Trinajstić information content (AvgIpc) is 2.11. The van der Waals surface area contributed by atoms with Crippen LogP contribution in [0.4, 0.5) is 4.79 Å². The molecule has 0 bridgehead atoms. The largest absolute Gasteiger partial charge is 0.463 e. The van der Waals surface area contributed by atoms with Crippen LogP contribution in [0.25, 0.3) is 0 Å². The fraction of sp³-hybridized carbons (Fsp3) is 0.571. The molecule has 2 amide bonds. The summed E-state index contributed by atoms with van der Waals surface area (Å²) >= 11 is 0. The quantitative estimate of drug-likeness (QED) is 0.513. The second-order valence-electron chi connectivity index (χ2n) is 2.37. The van der Waals surface area contributed by atoms with Crippen molar-refractivity contribution in [1.82, 2.24) is 5.06 Å². The summed E-state index contributed by atoms with van der Waals surface area (Å²) in [5, 5.41) is 9.20. The van der Waals surface area contributed by atoms with E-state index in [9.17, 15) is 9.59 Å². The third-order valence-electron chi connectivity index (χ3n) is 1.38. The maximum atomic E-state index is 11.2. The van der Waals surface area contributed by atoms with Crippen LogP contribution >= 0.6 is 0 Å². The maximum Gasteiger partial charge on any atom is 0.430 e. The first-order valence-corrected chi connectivity index (χ1v) is 3.57. The number of hydroxylamine groups is 2. The smallest absolute Gasteiger partial charge is 0.430 e. The van der Waals surface area contributed by atoms with E-state index < -0.39 is 12.0 Å². The SMILES string of the molecule is CON(C)C(=O)C(C)C=NC(=O)O. The van der Waals surface area contributed by atoms with Crippen LogP contribution in [0.15, 0.2) is 4.99 Å². The molecule has 1 atom stereocenters. The number of hydrogen-bond acceptors (Lipinski definition) is 3. The van der Waals surface area contributed by atoms with Gasteiger partial charge in [0.2, 0.25) is 0 Å². The molecule has 0 saturated carbocycles. The summed E-state index contributed by atoms with van der Waals surface area (Å²) in [7, 11) is 2.78. The topological polar surface area (TPSA) is 79.2 Å². The highest BCUT2D eigenvalue weighted by Crippen LogP contribution is 1.97. The predicted octanol–water partition coefficient (Wildman–Crippen LogP) is 0.391. The van der Waals surface area contributed by atoms with E-state index in [-0.39, 0.29) is 5.91 Å². The van der Waals surface area contributed by atoms with Crippen LogP contribution in [0, 0.1) is 5.92 Å². The highest BCUT2D eigenvalue weighted by Gasteiger charge is 2.15. The van der Waals surface area contributed by atoms with Crippen molar-refractivity contribution in [2.45, 2.75) is 6.92 Å². The number of carboxylic acid groups (broad SMARTS) is 1. The van der Waals surface area contributed by atoms with Crippen molar-refractivity contribution >= 4 is 18.2 Å². The molecule has 1 unspecified atom stereocenters. The summed E-state index contributed by atoms with van der Waals surface area (Å²) < 4.78 is 0. The maximum absolute atomic E-state index is 11.2. The first kappa shape index (κ1) is 11.6. The van der Waals surface area contributed by atoms with Crippen molar-refractivity contribution in [1.29, 1.82) is 0 Å². The van der Waals surface area contributed by atoms with Gasteiger partial charge in [0, 0.05) is 13.3 Å². The van der Waals surface area contributed by atoms with Gasteiger partial charge in [-0.25, -0.2) is 9.86 Å². The van der Waals surface area contributed by atoms with Gasteiger partial charge < -0.3 is 5.11 Å². The van der Waals surface area contributed by atoms with E-state index in [0.717, 1.165) is 11.3 Å². The van der Waals surface area contributed by atoms with E-state index >= 15 is 0 Å². The Morgan fingerprint density at radius 2 is 2.15 bits per heavy atom. The standard InChI is InChI=1S/C7H12N2O4/c1-5(4-8-7(11)12)6(10)9(2)13-3/h4-5H,1-3H3,(H,11,12). The molecule has 0 aliphatic rings. The van der Waals surface area contributed by atoms with Gasteiger partial charge in [-0.05, 0) is 6.92 Å². The van der Waals surface area contributed by atoms with Crippen molar-refractivity contribution in [2.75, 3.05) is 14.2 Å². The van der Waals surface area contributed by atoms with E-state index in [1.807, 2.05) is 0 Å². The Hall–Kier alpha value is -1.43. The van der Waals surface area contributed by atoms with Gasteiger partial charge in [-0.2, -0.15) is 4.99 Å². The zero-order chi connectivity index (χ0) is 10.4. The van der Waals surface area contributed by atoms with Crippen LogP contribution in [0.3, 0.4) is 0 Å². The highest BCUT2D eigenvalue weighted by atomic mass is 16.7. The summed E-state index contributed by atoms with van der Waals surface area (Å²) in [6, 6.07) is 0. The van der Waals surface area contributed by atoms with E-state index in [2.05, 4.69) is 9.83 Å². The fourth-order valence-corrected chi connectivity index (χ4v) is 0.616. The summed E-state index contributed by atoms with van der Waals surface area (Å²) in [5.41, 5.74) is 0. The lowest BCUT2D eigenvalue weighted by molar-refractivity contribution is -0.170. The van der Waals surface area contributed by atoms with Crippen LogP contribution in [0.5, 0.6) is 0 Å².